The Morgan fingerprint density at radius 2 is 1.72 bits per heavy atom. The number of hydrogen-bond donors (Lipinski definition) is 1. The number of nitrogens with zero attached hydrogens (tertiary/aromatic N) is 1. The maximum atomic E-state index is 3.92. The third-order valence-corrected chi connectivity index (χ3v) is 5.15. The number of rotatable bonds is 8. The summed E-state index contributed by atoms with van der Waals surface area (Å²) in [7, 11) is 0. The van der Waals surface area contributed by atoms with Gasteiger partial charge in [0.15, 0.2) is 0 Å². The highest BCUT2D eigenvalue weighted by Gasteiger charge is 2.50. The molecule has 0 aromatic heterocycles. The summed E-state index contributed by atoms with van der Waals surface area (Å²) in [5.41, 5.74) is 0.486. The average molecular weight is 252 g/mol. The lowest BCUT2D eigenvalue weighted by atomic mass is 9.82. The molecule has 0 amide bonds. The Balaban J connectivity index is 2.14. The minimum Gasteiger partial charge on any atom is -0.312 e. The van der Waals surface area contributed by atoms with Crippen molar-refractivity contribution in [3.8, 4) is 0 Å². The second-order valence-electron chi connectivity index (χ2n) is 6.25. The molecule has 18 heavy (non-hydrogen) atoms. The molecule has 2 heteroatoms. The largest absolute Gasteiger partial charge is 0.312 e. The molecular formula is C16H32N2. The van der Waals surface area contributed by atoms with Crippen LogP contribution in [0.15, 0.2) is 0 Å². The summed E-state index contributed by atoms with van der Waals surface area (Å²) in [6.07, 6.45) is 9.91. The Kier molecular flexibility index (Phi) is 5.08. The molecule has 0 spiro atoms. The molecule has 1 atom stereocenters. The Morgan fingerprint density at radius 1 is 1.11 bits per heavy atom. The van der Waals surface area contributed by atoms with Crippen LogP contribution in [0.25, 0.3) is 0 Å². The fourth-order valence-electron chi connectivity index (χ4n) is 4.19. The molecule has 0 bridgehead atoms. The van der Waals surface area contributed by atoms with Gasteiger partial charge in [0.25, 0.3) is 0 Å². The number of hydrogen-bond acceptors (Lipinski definition) is 2. The molecule has 0 aromatic rings. The molecule has 2 aliphatic carbocycles. The van der Waals surface area contributed by atoms with Gasteiger partial charge in [-0.25, -0.2) is 0 Å². The number of nitrogens with one attached hydrogen (secondary N) is 1. The topological polar surface area (TPSA) is 15.3 Å². The SMILES string of the molecule is CCCNC(C1CC1)C1(N(CC)CC)CCCC1. The quantitative estimate of drug-likeness (QED) is 0.712. The van der Waals surface area contributed by atoms with Gasteiger partial charge in [0, 0.05) is 11.6 Å². The summed E-state index contributed by atoms with van der Waals surface area (Å²) in [5.74, 6) is 0.968. The van der Waals surface area contributed by atoms with E-state index in [2.05, 4.69) is 31.0 Å². The van der Waals surface area contributed by atoms with E-state index in [0.717, 1.165) is 12.0 Å². The monoisotopic (exact) mass is 252 g/mol. The smallest absolute Gasteiger partial charge is 0.0364 e. The van der Waals surface area contributed by atoms with Gasteiger partial charge < -0.3 is 5.32 Å². The van der Waals surface area contributed by atoms with E-state index >= 15 is 0 Å². The second-order valence-corrected chi connectivity index (χ2v) is 6.25. The fraction of sp³-hybridized carbons (Fsp3) is 1.00. The molecule has 2 rings (SSSR count). The van der Waals surface area contributed by atoms with Crippen molar-refractivity contribution < 1.29 is 0 Å². The second kappa shape index (κ2) is 6.38. The van der Waals surface area contributed by atoms with Crippen LogP contribution in [-0.2, 0) is 0 Å². The molecule has 2 fully saturated rings. The van der Waals surface area contributed by atoms with Crippen LogP contribution < -0.4 is 5.32 Å². The van der Waals surface area contributed by atoms with Crippen LogP contribution in [0.4, 0.5) is 0 Å². The molecule has 0 heterocycles. The summed E-state index contributed by atoms with van der Waals surface area (Å²) in [6, 6.07) is 0.764. The third kappa shape index (κ3) is 2.75. The lowest BCUT2D eigenvalue weighted by molar-refractivity contribution is 0.0545. The molecule has 106 valence electrons. The van der Waals surface area contributed by atoms with Gasteiger partial charge in [0.05, 0.1) is 0 Å². The normalized spacial score (nSPS) is 24.7. The first-order chi connectivity index (χ1) is 8.78. The Hall–Kier alpha value is -0.0800. The zero-order chi connectivity index (χ0) is 13.0. The van der Waals surface area contributed by atoms with Gasteiger partial charge in [-0.15, -0.1) is 0 Å². The van der Waals surface area contributed by atoms with Gasteiger partial charge >= 0.3 is 0 Å². The Morgan fingerprint density at radius 3 is 2.17 bits per heavy atom. The first kappa shape index (κ1) is 14.3. The van der Waals surface area contributed by atoms with Crippen LogP contribution in [0.5, 0.6) is 0 Å². The molecule has 1 unspecified atom stereocenters. The summed E-state index contributed by atoms with van der Waals surface area (Å²) >= 11 is 0. The maximum Gasteiger partial charge on any atom is 0.0364 e. The lowest BCUT2D eigenvalue weighted by Crippen LogP contribution is -2.61. The molecular weight excluding hydrogens is 220 g/mol. The predicted molar refractivity (Wildman–Crippen MR) is 78.9 cm³/mol. The summed E-state index contributed by atoms with van der Waals surface area (Å²) in [5, 5.41) is 3.92. The van der Waals surface area contributed by atoms with Crippen molar-refractivity contribution in [3.63, 3.8) is 0 Å². The third-order valence-electron chi connectivity index (χ3n) is 5.15. The maximum absolute atomic E-state index is 3.92. The van der Waals surface area contributed by atoms with Crippen LogP contribution >= 0.6 is 0 Å². The van der Waals surface area contributed by atoms with E-state index in [0.29, 0.717) is 5.54 Å². The van der Waals surface area contributed by atoms with Crippen molar-refractivity contribution in [1.82, 2.24) is 10.2 Å². The molecule has 0 saturated heterocycles. The van der Waals surface area contributed by atoms with Crippen molar-refractivity contribution in [2.24, 2.45) is 5.92 Å². The number of likely N-dealkylation sites (N-methyl/N-ethyl adjacent to an activating group) is 1. The van der Waals surface area contributed by atoms with Crippen LogP contribution in [0.1, 0.15) is 65.7 Å². The van der Waals surface area contributed by atoms with E-state index in [1.165, 1.54) is 64.6 Å². The van der Waals surface area contributed by atoms with Gasteiger partial charge in [-0.05, 0) is 57.7 Å². The van der Waals surface area contributed by atoms with Gasteiger partial charge in [-0.3, -0.25) is 4.90 Å². The first-order valence-electron chi connectivity index (χ1n) is 8.27. The minimum absolute atomic E-state index is 0.486. The molecule has 2 aliphatic rings. The van der Waals surface area contributed by atoms with Crippen molar-refractivity contribution in [2.75, 3.05) is 19.6 Å². The zero-order valence-corrected chi connectivity index (χ0v) is 12.7. The molecule has 0 aromatic carbocycles. The lowest BCUT2D eigenvalue weighted by Gasteiger charge is -2.47. The fourth-order valence-corrected chi connectivity index (χ4v) is 4.19. The summed E-state index contributed by atoms with van der Waals surface area (Å²) in [4.78, 5) is 2.77. The Bertz CT molecular complexity index is 237. The van der Waals surface area contributed by atoms with E-state index < -0.39 is 0 Å². The van der Waals surface area contributed by atoms with Crippen molar-refractivity contribution in [3.05, 3.63) is 0 Å². The van der Waals surface area contributed by atoms with Gasteiger partial charge in [0.1, 0.15) is 0 Å². The minimum atomic E-state index is 0.486. The summed E-state index contributed by atoms with van der Waals surface area (Å²) < 4.78 is 0. The predicted octanol–water partition coefficient (Wildman–Crippen LogP) is 3.42. The summed E-state index contributed by atoms with van der Waals surface area (Å²) in [6.45, 7) is 10.6. The van der Waals surface area contributed by atoms with Crippen LogP contribution in [0.2, 0.25) is 0 Å². The van der Waals surface area contributed by atoms with E-state index in [4.69, 9.17) is 0 Å². The van der Waals surface area contributed by atoms with Crippen LogP contribution in [0.3, 0.4) is 0 Å². The van der Waals surface area contributed by atoms with Crippen molar-refractivity contribution in [1.29, 1.82) is 0 Å². The zero-order valence-electron chi connectivity index (χ0n) is 12.7. The Labute approximate surface area is 114 Å². The van der Waals surface area contributed by atoms with E-state index in [9.17, 15) is 0 Å². The van der Waals surface area contributed by atoms with Crippen molar-refractivity contribution in [2.45, 2.75) is 77.3 Å². The highest BCUT2D eigenvalue weighted by atomic mass is 15.2. The molecule has 0 radical (unpaired) electrons. The standard InChI is InChI=1S/C16H32N2/c1-4-13-17-15(14-9-10-14)16(11-7-8-12-16)18(5-2)6-3/h14-15,17H,4-13H2,1-3H3. The van der Waals surface area contributed by atoms with Gasteiger partial charge in [-0.2, -0.15) is 0 Å². The molecule has 2 nitrogen and oxygen atoms in total. The van der Waals surface area contributed by atoms with Crippen molar-refractivity contribution >= 4 is 0 Å². The highest BCUT2D eigenvalue weighted by molar-refractivity contribution is 5.08. The van der Waals surface area contributed by atoms with Gasteiger partial charge in [0.2, 0.25) is 0 Å². The van der Waals surface area contributed by atoms with E-state index in [1.807, 2.05) is 0 Å². The molecule has 0 aliphatic heterocycles. The van der Waals surface area contributed by atoms with Gasteiger partial charge in [-0.1, -0.05) is 33.6 Å². The van der Waals surface area contributed by atoms with E-state index in [-0.39, 0.29) is 0 Å². The van der Waals surface area contributed by atoms with Crippen LogP contribution in [0, 0.1) is 5.92 Å². The van der Waals surface area contributed by atoms with E-state index in [1.54, 1.807) is 0 Å². The average Bonchev–Trinajstić information content (AvgIpc) is 3.10. The van der Waals surface area contributed by atoms with Crippen LogP contribution in [-0.4, -0.2) is 36.1 Å². The molecule has 2 saturated carbocycles. The first-order valence-corrected chi connectivity index (χ1v) is 8.27. The molecule has 1 N–H and O–H groups in total. The highest BCUT2D eigenvalue weighted by Crippen LogP contribution is 2.46.